The number of rotatable bonds is 24. The van der Waals surface area contributed by atoms with Gasteiger partial charge in [0.15, 0.2) is 23.3 Å². The molecule has 52 heteroatoms. The molecule has 4 atom stereocenters. The van der Waals surface area contributed by atoms with E-state index in [1.54, 1.807) is 0 Å². The fraction of sp³-hybridized carbons (Fsp3) is 0.267. The standard InChI is InChI=1S/C60H30F32N4O12S4/c61-21-1-13-33(109(97,98)105-17-53(73,74)49(69)57(81,82)83)45(65)37(21)41-25-5-7-27(93-25)42(38-22(62)2-14-34(46(38)66)110(99,100)106-18-54(75,76)50(70)58(84,85)86)29-9-11-31(95-29)44(40-24(64)4-16-36(48(40)68)112(103,104)108-20-56(79,80)52(72)60(90,91)92)32-12-10-30(96-32)43(28-8-6-26(41)94-28)39-23(63)3-15-35(47(39)67)111(101,102)107-19-55(77,78)51(71)59(87,88)89/h1-16,49-52,93,96H,17-20H2. The van der Waals surface area contributed by atoms with Crippen molar-refractivity contribution >= 4 is 86.8 Å². The highest BCUT2D eigenvalue weighted by Crippen LogP contribution is 2.48. The van der Waals surface area contributed by atoms with Crippen LogP contribution < -0.4 is 0 Å². The van der Waals surface area contributed by atoms with Crippen LogP contribution in [0.2, 0.25) is 0 Å². The Balaban J connectivity index is 1.47. The van der Waals surface area contributed by atoms with Crippen molar-refractivity contribution in [3.05, 3.63) is 142 Å². The first-order valence-corrected chi connectivity index (χ1v) is 34.7. The van der Waals surface area contributed by atoms with Gasteiger partial charge in [-0.3, -0.25) is 16.7 Å². The summed E-state index contributed by atoms with van der Waals surface area (Å²) in [7, 11) is -26.1. The first-order chi connectivity index (χ1) is 51.0. The van der Waals surface area contributed by atoms with E-state index in [2.05, 4.69) is 36.7 Å². The van der Waals surface area contributed by atoms with Crippen LogP contribution in [-0.4, -0.2) is 153 Å². The van der Waals surface area contributed by atoms with Gasteiger partial charge in [0, 0.05) is 44.3 Å². The zero-order chi connectivity index (χ0) is 84.3. The quantitative estimate of drug-likeness (QED) is 0.0423. The topological polar surface area (TPSA) is 231 Å². The zero-order valence-corrected chi connectivity index (χ0v) is 56.2. The van der Waals surface area contributed by atoms with E-state index in [0.29, 0.717) is 48.6 Å². The minimum absolute atomic E-state index is 0.155. The molecule has 0 spiro atoms. The minimum Gasteiger partial charge on any atom is -0.354 e. The number of hydrogen-bond donors (Lipinski definition) is 2. The van der Waals surface area contributed by atoms with Crippen molar-refractivity contribution < 1.29 is 191 Å². The van der Waals surface area contributed by atoms with Gasteiger partial charge in [-0.25, -0.2) is 97.8 Å². The Bertz CT molecular complexity index is 4990. The summed E-state index contributed by atoms with van der Waals surface area (Å²) in [6.45, 7) is -12.7. The zero-order valence-electron chi connectivity index (χ0n) is 52.9. The maximum Gasteiger partial charge on any atom is 0.425 e. The van der Waals surface area contributed by atoms with Crippen LogP contribution in [0, 0.1) is 46.5 Å². The van der Waals surface area contributed by atoms with Gasteiger partial charge in [-0.15, -0.1) is 0 Å². The third kappa shape index (κ3) is 17.1. The van der Waals surface area contributed by atoms with Gasteiger partial charge in [-0.2, -0.15) is 86.4 Å². The van der Waals surface area contributed by atoms with Gasteiger partial charge in [-0.05, 0) is 97.1 Å². The number of H-pyrrole nitrogens is 2. The van der Waals surface area contributed by atoms with Crippen molar-refractivity contribution in [2.75, 3.05) is 26.4 Å². The molecule has 2 aliphatic heterocycles. The summed E-state index contributed by atoms with van der Waals surface area (Å²) in [5, 5.41) is 0. The molecule has 9 rings (SSSR count). The summed E-state index contributed by atoms with van der Waals surface area (Å²) in [4.78, 5) is 3.16. The lowest BCUT2D eigenvalue weighted by Gasteiger charge is -2.22. The van der Waals surface area contributed by atoms with Crippen molar-refractivity contribution in [1.82, 2.24) is 19.9 Å². The lowest BCUT2D eigenvalue weighted by atomic mass is 10.0. The Morgan fingerprint density at radius 3 is 0.607 bits per heavy atom. The van der Waals surface area contributed by atoms with Gasteiger partial charge < -0.3 is 9.97 Å². The molecule has 5 heterocycles. The molecule has 2 N–H and O–H groups in total. The highest BCUT2D eigenvalue weighted by molar-refractivity contribution is 7.87. The van der Waals surface area contributed by atoms with E-state index in [1.807, 2.05) is 0 Å². The van der Waals surface area contributed by atoms with Gasteiger partial charge in [0.1, 0.15) is 69.3 Å². The third-order valence-corrected chi connectivity index (χ3v) is 20.4. The maximum absolute atomic E-state index is 17.5. The van der Waals surface area contributed by atoms with Gasteiger partial charge in [0.2, 0.25) is 0 Å². The predicted octanol–water partition coefficient (Wildman–Crippen LogP) is 17.4. The number of aromatic amines is 2. The lowest BCUT2D eigenvalue weighted by molar-refractivity contribution is -0.250. The number of benzene rings is 4. The molecule has 3 aromatic heterocycles. The average Bonchev–Trinajstić information content (AvgIpc) is 1.51. The van der Waals surface area contributed by atoms with Crippen molar-refractivity contribution in [3.8, 4) is 44.5 Å². The highest BCUT2D eigenvalue weighted by atomic mass is 32.2. The van der Waals surface area contributed by atoms with Gasteiger partial charge in [0.25, 0.3) is 65.2 Å². The van der Waals surface area contributed by atoms with Crippen LogP contribution in [0.15, 0.2) is 92.4 Å². The van der Waals surface area contributed by atoms with E-state index in [4.69, 9.17) is 0 Å². The molecule has 0 saturated heterocycles. The maximum atomic E-state index is 17.5. The molecule has 4 unspecified atom stereocenters. The summed E-state index contributed by atoms with van der Waals surface area (Å²) < 4.78 is 590. The molecule has 0 amide bonds. The summed E-state index contributed by atoms with van der Waals surface area (Å²) in [5.41, 5.74) is -24.7. The monoisotopic (exact) mass is 1730 g/mol. The van der Waals surface area contributed by atoms with E-state index < -0.39 is 295 Å². The van der Waals surface area contributed by atoms with Crippen LogP contribution in [0.5, 0.6) is 0 Å². The molecule has 0 radical (unpaired) electrons. The van der Waals surface area contributed by atoms with Gasteiger partial charge >= 0.3 is 48.4 Å². The van der Waals surface area contributed by atoms with Gasteiger partial charge in [-0.1, -0.05) is 0 Å². The second-order valence-electron chi connectivity index (χ2n) is 23.0. The van der Waals surface area contributed by atoms with Crippen molar-refractivity contribution in [1.29, 1.82) is 0 Å². The fourth-order valence-electron chi connectivity index (χ4n) is 10.2. The fourth-order valence-corrected chi connectivity index (χ4v) is 14.2. The minimum atomic E-state index is -6.53. The van der Waals surface area contributed by atoms with Gasteiger partial charge in [0.05, 0.1) is 45.0 Å². The number of fused-ring (bicyclic) bond motifs is 8. The van der Waals surface area contributed by atoms with E-state index >= 15 is 35.1 Å². The summed E-state index contributed by atoms with van der Waals surface area (Å²) in [6.07, 6.45) is -45.6. The van der Waals surface area contributed by atoms with E-state index in [-0.39, 0.29) is 48.5 Å². The summed E-state index contributed by atoms with van der Waals surface area (Å²) >= 11 is 0. The Hall–Kier alpha value is -9.12. The van der Waals surface area contributed by atoms with Crippen LogP contribution in [0.1, 0.15) is 22.8 Å². The Kier molecular flexibility index (Phi) is 23.0. The molecular weight excluding hydrogens is 1700 g/mol. The molecule has 16 nitrogen and oxygen atoms in total. The number of nitrogens with zero attached hydrogens (tertiary/aromatic N) is 2. The van der Waals surface area contributed by atoms with Crippen LogP contribution in [0.4, 0.5) is 140 Å². The molecule has 4 aromatic carbocycles. The normalized spacial score (nSPS) is 15.1. The van der Waals surface area contributed by atoms with Crippen molar-refractivity contribution in [2.45, 2.75) is 92.7 Å². The number of nitrogens with one attached hydrogen (secondary N) is 2. The van der Waals surface area contributed by atoms with Crippen LogP contribution in [-0.2, 0) is 57.2 Å². The molecule has 0 saturated carbocycles. The highest BCUT2D eigenvalue weighted by Gasteiger charge is 2.61. The Morgan fingerprint density at radius 2 is 0.446 bits per heavy atom. The third-order valence-electron chi connectivity index (χ3n) is 15.3. The second kappa shape index (κ2) is 29.7. The number of aromatic nitrogens is 4. The SMILES string of the molecule is O=S(=O)(OCC(F)(F)C(F)C(F)(F)F)c1ccc(F)c(-c2c3nc(c(-c4c(F)ccc(S(=O)(=O)OCC(F)(F)C(F)C(F)(F)F)c4F)c4ccc([nH]4)c(-c4c(F)ccc(S(=O)(=O)OCC(F)(F)C(F)C(F)(F)F)c4F)c4nc(c(-c5c(F)ccc(S(=O)(=O)OCC(F)(F)C(F)C(F)(F)F)c5F)c5ccc2[nH]5)C=C4)C=C3)c1F. The van der Waals surface area contributed by atoms with Crippen molar-refractivity contribution in [3.63, 3.8) is 0 Å². The van der Waals surface area contributed by atoms with Crippen LogP contribution in [0.25, 0.3) is 90.9 Å². The molecule has 0 aliphatic carbocycles. The average molecular weight is 1740 g/mol. The first-order valence-electron chi connectivity index (χ1n) is 29.0. The molecule has 610 valence electrons. The molecule has 7 aromatic rings. The summed E-state index contributed by atoms with van der Waals surface area (Å²) in [5.74, 6) is -43.3. The van der Waals surface area contributed by atoms with E-state index in [1.165, 1.54) is 0 Å². The lowest BCUT2D eigenvalue weighted by Crippen LogP contribution is -2.45. The Labute approximate surface area is 601 Å². The van der Waals surface area contributed by atoms with Crippen molar-refractivity contribution in [2.24, 2.45) is 0 Å². The molecule has 8 bridgehead atoms. The predicted molar refractivity (Wildman–Crippen MR) is 316 cm³/mol. The molecule has 2 aliphatic rings. The number of hydrogen-bond acceptors (Lipinski definition) is 14. The number of halogens is 32. The number of alkyl halides is 24. The summed E-state index contributed by atoms with van der Waals surface area (Å²) in [6, 6.07) is -0.0215. The molecular formula is C60H30F32N4O12S4. The van der Waals surface area contributed by atoms with Crippen LogP contribution >= 0.6 is 0 Å². The second-order valence-corrected chi connectivity index (χ2v) is 29.3. The smallest absolute Gasteiger partial charge is 0.354 e. The van der Waals surface area contributed by atoms with E-state index in [0.717, 1.165) is 0 Å². The van der Waals surface area contributed by atoms with E-state index in [9.17, 15) is 139 Å². The molecule has 0 fully saturated rings. The molecule has 112 heavy (non-hydrogen) atoms. The Morgan fingerprint density at radius 1 is 0.277 bits per heavy atom. The van der Waals surface area contributed by atoms with Crippen LogP contribution in [0.3, 0.4) is 0 Å². The first kappa shape index (κ1) is 86.9. The largest absolute Gasteiger partial charge is 0.425 e.